The number of halogens is 2. The molecular formula is C16H21Br2NO2. The molecule has 0 aromatic heterocycles. The molecule has 3 nitrogen and oxygen atoms in total. The normalized spacial score (nSPS) is 21.0. The van der Waals surface area contributed by atoms with Crippen molar-refractivity contribution in [2.45, 2.75) is 51.2 Å². The highest BCUT2D eigenvalue weighted by Crippen LogP contribution is 2.31. The van der Waals surface area contributed by atoms with Crippen LogP contribution in [0.25, 0.3) is 0 Å². The molecule has 0 saturated carbocycles. The van der Waals surface area contributed by atoms with Crippen LogP contribution in [-0.2, 0) is 4.74 Å². The molecule has 0 bridgehead atoms. The molecule has 2 rings (SSSR count). The highest BCUT2D eigenvalue weighted by Gasteiger charge is 2.35. The van der Waals surface area contributed by atoms with Crippen LogP contribution in [0.3, 0.4) is 0 Å². The number of hydrogen-bond acceptors (Lipinski definition) is 2. The summed E-state index contributed by atoms with van der Waals surface area (Å²) in [5.41, 5.74) is 0.593. The number of carbonyl (C=O) groups is 1. The van der Waals surface area contributed by atoms with E-state index in [4.69, 9.17) is 4.74 Å². The summed E-state index contributed by atoms with van der Waals surface area (Å²) in [5.74, 6) is -0.0231. The minimum atomic E-state index is -0.0753. The SMILES string of the molecule is CCC1(CC)CC(NC(=O)c2cc(Br)cc(Br)c2)CCO1. The van der Waals surface area contributed by atoms with Crippen LogP contribution in [0.15, 0.2) is 27.1 Å². The van der Waals surface area contributed by atoms with Crippen LogP contribution in [0.2, 0.25) is 0 Å². The summed E-state index contributed by atoms with van der Waals surface area (Å²) in [6.45, 7) is 5.02. The molecule has 5 heteroatoms. The van der Waals surface area contributed by atoms with Gasteiger partial charge in [-0.2, -0.15) is 0 Å². The molecule has 1 aromatic rings. The number of rotatable bonds is 4. The molecule has 0 aliphatic carbocycles. The van der Waals surface area contributed by atoms with Crippen LogP contribution in [0.5, 0.6) is 0 Å². The summed E-state index contributed by atoms with van der Waals surface area (Å²) in [6.07, 6.45) is 3.74. The van der Waals surface area contributed by atoms with Gasteiger partial charge in [-0.05, 0) is 43.9 Å². The summed E-state index contributed by atoms with van der Waals surface area (Å²) in [5, 5.41) is 3.15. The summed E-state index contributed by atoms with van der Waals surface area (Å²) < 4.78 is 7.74. The van der Waals surface area contributed by atoms with Crippen molar-refractivity contribution in [2.75, 3.05) is 6.61 Å². The number of amides is 1. The van der Waals surface area contributed by atoms with Crippen molar-refractivity contribution >= 4 is 37.8 Å². The number of benzene rings is 1. The van der Waals surface area contributed by atoms with Gasteiger partial charge in [0.25, 0.3) is 5.91 Å². The van der Waals surface area contributed by atoms with Crippen molar-refractivity contribution in [1.29, 1.82) is 0 Å². The van der Waals surface area contributed by atoms with Crippen molar-refractivity contribution < 1.29 is 9.53 Å². The van der Waals surface area contributed by atoms with E-state index in [1.165, 1.54) is 0 Å². The van der Waals surface area contributed by atoms with Crippen LogP contribution >= 0.6 is 31.9 Å². The third kappa shape index (κ3) is 4.30. The molecule has 1 unspecified atom stereocenters. The van der Waals surface area contributed by atoms with Gasteiger partial charge in [-0.1, -0.05) is 45.7 Å². The van der Waals surface area contributed by atoms with Crippen LogP contribution in [-0.4, -0.2) is 24.2 Å². The predicted molar refractivity (Wildman–Crippen MR) is 91.6 cm³/mol. The molecule has 1 heterocycles. The van der Waals surface area contributed by atoms with Gasteiger partial charge in [-0.3, -0.25) is 4.79 Å². The Bertz CT molecular complexity index is 495. The van der Waals surface area contributed by atoms with Gasteiger partial charge in [-0.25, -0.2) is 0 Å². The van der Waals surface area contributed by atoms with E-state index in [1.807, 2.05) is 18.2 Å². The molecule has 0 radical (unpaired) electrons. The number of hydrogen-bond donors (Lipinski definition) is 1. The van der Waals surface area contributed by atoms with Crippen LogP contribution in [0.1, 0.15) is 49.9 Å². The summed E-state index contributed by atoms with van der Waals surface area (Å²) in [6, 6.07) is 5.78. The first-order valence-corrected chi connectivity index (χ1v) is 8.97. The predicted octanol–water partition coefficient (Wildman–Crippen LogP) is 4.68. The van der Waals surface area contributed by atoms with Crippen molar-refractivity contribution in [3.63, 3.8) is 0 Å². The van der Waals surface area contributed by atoms with Crippen molar-refractivity contribution in [1.82, 2.24) is 5.32 Å². The Morgan fingerprint density at radius 3 is 2.48 bits per heavy atom. The highest BCUT2D eigenvalue weighted by molar-refractivity contribution is 9.11. The van der Waals surface area contributed by atoms with Gasteiger partial charge in [0.1, 0.15) is 0 Å². The topological polar surface area (TPSA) is 38.3 Å². The summed E-state index contributed by atoms with van der Waals surface area (Å²) >= 11 is 6.83. The molecule has 1 aromatic carbocycles. The molecule has 1 aliphatic rings. The summed E-state index contributed by atoms with van der Waals surface area (Å²) in [4.78, 5) is 12.4. The Morgan fingerprint density at radius 1 is 1.29 bits per heavy atom. The Hall–Kier alpha value is -0.390. The van der Waals surface area contributed by atoms with E-state index in [0.717, 1.165) is 41.2 Å². The van der Waals surface area contributed by atoms with E-state index in [-0.39, 0.29) is 17.6 Å². The zero-order chi connectivity index (χ0) is 15.5. The molecule has 1 fully saturated rings. The zero-order valence-electron chi connectivity index (χ0n) is 12.4. The standard InChI is InChI=1S/C16H21Br2NO2/c1-3-16(4-2)10-14(5-6-21-16)19-15(20)11-7-12(17)9-13(18)8-11/h7-9,14H,3-6,10H2,1-2H3,(H,19,20). The molecule has 0 spiro atoms. The van der Waals surface area contributed by atoms with Crippen molar-refractivity contribution in [3.05, 3.63) is 32.7 Å². The minimum Gasteiger partial charge on any atom is -0.375 e. The zero-order valence-corrected chi connectivity index (χ0v) is 15.6. The molecule has 1 aliphatic heterocycles. The average molecular weight is 419 g/mol. The van der Waals surface area contributed by atoms with Gasteiger partial charge in [0.05, 0.1) is 5.60 Å². The van der Waals surface area contributed by atoms with E-state index < -0.39 is 0 Å². The van der Waals surface area contributed by atoms with Crippen molar-refractivity contribution in [2.24, 2.45) is 0 Å². The third-order valence-electron chi connectivity index (χ3n) is 4.24. The first-order valence-electron chi connectivity index (χ1n) is 7.39. The Morgan fingerprint density at radius 2 is 1.90 bits per heavy atom. The Labute approximate surface area is 143 Å². The second-order valence-corrected chi connectivity index (χ2v) is 7.39. The molecule has 116 valence electrons. The quantitative estimate of drug-likeness (QED) is 0.770. The first-order chi connectivity index (χ1) is 9.98. The van der Waals surface area contributed by atoms with Crippen molar-refractivity contribution in [3.8, 4) is 0 Å². The lowest BCUT2D eigenvalue weighted by atomic mass is 9.86. The lowest BCUT2D eigenvalue weighted by Crippen LogP contribution is -2.48. The Kier molecular flexibility index (Phi) is 5.86. The highest BCUT2D eigenvalue weighted by atomic mass is 79.9. The molecule has 1 N–H and O–H groups in total. The number of ether oxygens (including phenoxy) is 1. The van der Waals surface area contributed by atoms with Gasteiger partial charge >= 0.3 is 0 Å². The van der Waals surface area contributed by atoms with Gasteiger partial charge in [0, 0.05) is 27.2 Å². The van der Waals surface area contributed by atoms with Gasteiger partial charge in [0.2, 0.25) is 0 Å². The Balaban J connectivity index is 2.05. The molecule has 21 heavy (non-hydrogen) atoms. The fraction of sp³-hybridized carbons (Fsp3) is 0.562. The van der Waals surface area contributed by atoms with E-state index in [9.17, 15) is 4.79 Å². The van der Waals surface area contributed by atoms with E-state index in [0.29, 0.717) is 5.56 Å². The van der Waals surface area contributed by atoms with E-state index in [1.54, 1.807) is 0 Å². The second-order valence-electron chi connectivity index (χ2n) is 5.56. The maximum atomic E-state index is 12.4. The largest absolute Gasteiger partial charge is 0.375 e. The summed E-state index contributed by atoms with van der Waals surface area (Å²) in [7, 11) is 0. The van der Waals surface area contributed by atoms with Gasteiger partial charge in [0.15, 0.2) is 0 Å². The van der Waals surface area contributed by atoms with Crippen LogP contribution < -0.4 is 5.32 Å². The maximum absolute atomic E-state index is 12.4. The molecule has 1 amide bonds. The molecule has 1 atom stereocenters. The van der Waals surface area contributed by atoms with E-state index >= 15 is 0 Å². The molecular weight excluding hydrogens is 398 g/mol. The van der Waals surface area contributed by atoms with Crippen LogP contribution in [0.4, 0.5) is 0 Å². The fourth-order valence-electron chi connectivity index (χ4n) is 2.85. The smallest absolute Gasteiger partial charge is 0.251 e. The lowest BCUT2D eigenvalue weighted by Gasteiger charge is -2.40. The number of carbonyl (C=O) groups excluding carboxylic acids is 1. The lowest BCUT2D eigenvalue weighted by molar-refractivity contribution is -0.0917. The van der Waals surface area contributed by atoms with Gasteiger partial charge in [-0.15, -0.1) is 0 Å². The second kappa shape index (κ2) is 7.25. The number of nitrogens with one attached hydrogen (secondary N) is 1. The van der Waals surface area contributed by atoms with Crippen LogP contribution in [0, 0.1) is 0 Å². The average Bonchev–Trinajstić information content (AvgIpc) is 2.46. The molecule has 1 saturated heterocycles. The monoisotopic (exact) mass is 417 g/mol. The third-order valence-corrected chi connectivity index (χ3v) is 5.16. The van der Waals surface area contributed by atoms with Gasteiger partial charge < -0.3 is 10.1 Å². The first kappa shape index (κ1) is 17.0. The fourth-order valence-corrected chi connectivity index (χ4v) is 4.14. The van der Waals surface area contributed by atoms with E-state index in [2.05, 4.69) is 51.0 Å². The maximum Gasteiger partial charge on any atom is 0.251 e. The minimum absolute atomic E-state index is 0.0231.